The smallest absolute Gasteiger partial charge is 0.160 e. The van der Waals surface area contributed by atoms with Crippen LogP contribution in [-0.2, 0) is 16.0 Å². The first-order chi connectivity index (χ1) is 9.93. The van der Waals surface area contributed by atoms with Crippen molar-refractivity contribution >= 4 is 0 Å². The van der Waals surface area contributed by atoms with Crippen molar-refractivity contribution in [2.24, 2.45) is 0 Å². The van der Waals surface area contributed by atoms with Crippen LogP contribution in [0.15, 0.2) is 31.0 Å². The molecule has 6 heteroatoms. The molecule has 2 aromatic heterocycles. The molecule has 1 aliphatic rings. The molecule has 3 rings (SSSR count). The van der Waals surface area contributed by atoms with E-state index in [0.717, 1.165) is 37.5 Å². The second-order valence-electron chi connectivity index (χ2n) is 4.70. The fourth-order valence-electron chi connectivity index (χ4n) is 2.26. The van der Waals surface area contributed by atoms with E-state index < -0.39 is 0 Å². The summed E-state index contributed by atoms with van der Waals surface area (Å²) in [6.07, 6.45) is 12.0. The van der Waals surface area contributed by atoms with Gasteiger partial charge in [-0.05, 0) is 19.3 Å². The van der Waals surface area contributed by atoms with Crippen LogP contribution in [0.25, 0.3) is 11.5 Å². The number of ether oxygens (including phenoxy) is 2. The molecule has 0 aliphatic carbocycles. The predicted molar refractivity (Wildman–Crippen MR) is 72.8 cm³/mol. The fraction of sp³-hybridized carbons (Fsp3) is 0.500. The summed E-state index contributed by atoms with van der Waals surface area (Å²) in [5.41, 5.74) is 0.770. The van der Waals surface area contributed by atoms with Gasteiger partial charge in [-0.3, -0.25) is 4.98 Å². The lowest BCUT2D eigenvalue weighted by Crippen LogP contribution is -2.24. The molecule has 0 amide bonds. The van der Waals surface area contributed by atoms with Crippen LogP contribution < -0.4 is 0 Å². The Labute approximate surface area is 117 Å². The highest BCUT2D eigenvalue weighted by Gasteiger charge is 2.14. The molecule has 1 saturated heterocycles. The third kappa shape index (κ3) is 3.20. The highest BCUT2D eigenvalue weighted by Crippen LogP contribution is 2.15. The Morgan fingerprint density at radius 2 is 2.25 bits per heavy atom. The van der Waals surface area contributed by atoms with Gasteiger partial charge in [-0.15, -0.1) is 0 Å². The molecular weight excluding hydrogens is 256 g/mol. The average Bonchev–Trinajstić information content (AvgIpc) is 2.98. The number of aromatic nitrogens is 4. The Bertz CT molecular complexity index is 523. The maximum absolute atomic E-state index is 5.74. The quantitative estimate of drug-likeness (QED) is 0.833. The molecule has 0 N–H and O–H groups in total. The van der Waals surface area contributed by atoms with Crippen LogP contribution in [0.1, 0.15) is 19.3 Å². The van der Waals surface area contributed by atoms with Crippen LogP contribution >= 0.6 is 0 Å². The summed E-state index contributed by atoms with van der Waals surface area (Å²) in [5, 5.41) is 0. The van der Waals surface area contributed by atoms with Gasteiger partial charge in [0.15, 0.2) is 12.1 Å². The lowest BCUT2D eigenvalue weighted by atomic mass is 10.2. The molecular formula is C14H18N4O2. The van der Waals surface area contributed by atoms with E-state index in [0.29, 0.717) is 6.61 Å². The van der Waals surface area contributed by atoms with Crippen molar-refractivity contribution in [2.45, 2.75) is 32.1 Å². The van der Waals surface area contributed by atoms with Crippen LogP contribution in [0.2, 0.25) is 0 Å². The van der Waals surface area contributed by atoms with Crippen molar-refractivity contribution in [1.29, 1.82) is 0 Å². The second kappa shape index (κ2) is 6.58. The third-order valence-electron chi connectivity index (χ3n) is 3.28. The first-order valence-electron chi connectivity index (χ1n) is 6.94. The lowest BCUT2D eigenvalue weighted by Gasteiger charge is -2.22. The molecule has 0 aromatic carbocycles. The van der Waals surface area contributed by atoms with Crippen LogP contribution in [0.5, 0.6) is 0 Å². The fourth-order valence-corrected chi connectivity index (χ4v) is 2.26. The molecule has 0 spiro atoms. The number of hydrogen-bond donors (Lipinski definition) is 0. The maximum atomic E-state index is 5.74. The Morgan fingerprint density at radius 3 is 3.05 bits per heavy atom. The first-order valence-corrected chi connectivity index (χ1v) is 6.94. The Kier molecular flexibility index (Phi) is 4.35. The summed E-state index contributed by atoms with van der Waals surface area (Å²) in [7, 11) is 0. The van der Waals surface area contributed by atoms with Crippen LogP contribution in [0.4, 0.5) is 0 Å². The van der Waals surface area contributed by atoms with Gasteiger partial charge < -0.3 is 14.0 Å². The summed E-state index contributed by atoms with van der Waals surface area (Å²) in [6, 6.07) is 0. The summed E-state index contributed by atoms with van der Waals surface area (Å²) < 4.78 is 13.3. The highest BCUT2D eigenvalue weighted by atomic mass is 16.7. The molecule has 1 aliphatic heterocycles. The van der Waals surface area contributed by atoms with Gasteiger partial charge in [0.05, 0.1) is 12.8 Å². The zero-order valence-electron chi connectivity index (χ0n) is 11.3. The first kappa shape index (κ1) is 13.2. The average molecular weight is 274 g/mol. The monoisotopic (exact) mass is 274 g/mol. The Morgan fingerprint density at radius 1 is 1.25 bits per heavy atom. The van der Waals surface area contributed by atoms with Crippen LogP contribution in [0, 0.1) is 0 Å². The minimum Gasteiger partial charge on any atom is -0.353 e. The van der Waals surface area contributed by atoms with Crippen molar-refractivity contribution in [1.82, 2.24) is 19.5 Å². The minimum absolute atomic E-state index is 0.0489. The van der Waals surface area contributed by atoms with Gasteiger partial charge in [-0.1, -0.05) is 0 Å². The van der Waals surface area contributed by atoms with Crippen molar-refractivity contribution in [2.75, 3.05) is 13.2 Å². The molecule has 106 valence electrons. The SMILES string of the molecule is c1cnc(-c2nccn2CCO[C@H]2CCCCO2)cn1. The molecule has 6 nitrogen and oxygen atoms in total. The summed E-state index contributed by atoms with van der Waals surface area (Å²) in [5.74, 6) is 0.811. The zero-order chi connectivity index (χ0) is 13.6. The van der Waals surface area contributed by atoms with E-state index in [9.17, 15) is 0 Å². The van der Waals surface area contributed by atoms with Gasteiger partial charge in [0.1, 0.15) is 5.69 Å². The molecule has 3 heterocycles. The topological polar surface area (TPSA) is 62.1 Å². The van der Waals surface area contributed by atoms with Crippen molar-refractivity contribution in [3.63, 3.8) is 0 Å². The number of rotatable bonds is 5. The zero-order valence-corrected chi connectivity index (χ0v) is 11.3. The van der Waals surface area contributed by atoms with E-state index >= 15 is 0 Å². The standard InChI is InChI=1S/C14H18N4O2/c1-2-9-19-13(3-1)20-10-8-18-7-6-17-14(18)12-11-15-4-5-16-12/h4-7,11,13H,1-3,8-10H2/t13-/m0/s1. The van der Waals surface area contributed by atoms with Crippen LogP contribution in [-0.4, -0.2) is 39.0 Å². The molecule has 0 saturated carbocycles. The molecule has 0 unspecified atom stereocenters. The number of nitrogens with zero attached hydrogens (tertiary/aromatic N) is 4. The summed E-state index contributed by atoms with van der Waals surface area (Å²) in [6.45, 7) is 2.14. The van der Waals surface area contributed by atoms with E-state index in [2.05, 4.69) is 15.0 Å². The highest BCUT2D eigenvalue weighted by molar-refractivity contribution is 5.47. The van der Waals surface area contributed by atoms with E-state index in [4.69, 9.17) is 9.47 Å². The van der Waals surface area contributed by atoms with E-state index in [-0.39, 0.29) is 6.29 Å². The number of hydrogen-bond acceptors (Lipinski definition) is 5. The number of imidazole rings is 1. The van der Waals surface area contributed by atoms with Crippen LogP contribution in [0.3, 0.4) is 0 Å². The largest absolute Gasteiger partial charge is 0.353 e. The molecule has 1 atom stereocenters. The van der Waals surface area contributed by atoms with Gasteiger partial charge in [0.2, 0.25) is 0 Å². The maximum Gasteiger partial charge on any atom is 0.160 e. The molecule has 0 radical (unpaired) electrons. The third-order valence-corrected chi connectivity index (χ3v) is 3.28. The molecule has 20 heavy (non-hydrogen) atoms. The van der Waals surface area contributed by atoms with E-state index in [1.165, 1.54) is 6.42 Å². The van der Waals surface area contributed by atoms with Gasteiger partial charge in [0.25, 0.3) is 0 Å². The molecule has 0 bridgehead atoms. The van der Waals surface area contributed by atoms with Crippen molar-refractivity contribution in [3.05, 3.63) is 31.0 Å². The van der Waals surface area contributed by atoms with Gasteiger partial charge in [0, 0.05) is 37.9 Å². The Balaban J connectivity index is 1.57. The summed E-state index contributed by atoms with van der Waals surface area (Å²) in [4.78, 5) is 12.7. The van der Waals surface area contributed by atoms with Gasteiger partial charge in [-0.2, -0.15) is 0 Å². The minimum atomic E-state index is -0.0489. The molecule has 2 aromatic rings. The van der Waals surface area contributed by atoms with Gasteiger partial charge in [-0.25, -0.2) is 9.97 Å². The normalized spacial score (nSPS) is 19.1. The summed E-state index contributed by atoms with van der Waals surface area (Å²) >= 11 is 0. The van der Waals surface area contributed by atoms with Crippen molar-refractivity contribution < 1.29 is 9.47 Å². The van der Waals surface area contributed by atoms with Crippen molar-refractivity contribution in [3.8, 4) is 11.5 Å². The van der Waals surface area contributed by atoms with Gasteiger partial charge >= 0.3 is 0 Å². The lowest BCUT2D eigenvalue weighted by molar-refractivity contribution is -0.163. The second-order valence-corrected chi connectivity index (χ2v) is 4.70. The predicted octanol–water partition coefficient (Wildman–Crippen LogP) is 1.88. The molecule has 1 fully saturated rings. The van der Waals surface area contributed by atoms with E-state index in [1.807, 2.05) is 10.8 Å². The van der Waals surface area contributed by atoms with E-state index in [1.54, 1.807) is 24.8 Å². The Hall–Kier alpha value is -1.79.